The van der Waals surface area contributed by atoms with Gasteiger partial charge < -0.3 is 9.88 Å². The van der Waals surface area contributed by atoms with Crippen LogP contribution in [0.1, 0.15) is 57.1 Å². The average molecular weight is 327 g/mol. The molecule has 19 heavy (non-hydrogen) atoms. The summed E-state index contributed by atoms with van der Waals surface area (Å²) in [7, 11) is 0. The van der Waals surface area contributed by atoms with Crippen molar-refractivity contribution in [2.45, 2.75) is 46.6 Å². The summed E-state index contributed by atoms with van der Waals surface area (Å²) in [5, 5.41) is 3.11. The van der Waals surface area contributed by atoms with Gasteiger partial charge in [0.25, 0.3) is 5.91 Å². The fourth-order valence-electron chi connectivity index (χ4n) is 2.52. The third-order valence-corrected chi connectivity index (χ3v) is 4.76. The van der Waals surface area contributed by atoms with Gasteiger partial charge in [0.05, 0.1) is 0 Å². The van der Waals surface area contributed by atoms with Crippen molar-refractivity contribution in [3.63, 3.8) is 0 Å². The number of rotatable bonds is 5. The maximum atomic E-state index is 12.3. The zero-order valence-corrected chi connectivity index (χ0v) is 13.8. The second-order valence-corrected chi connectivity index (χ2v) is 7.16. The molecule has 1 N–H and O–H groups in total. The van der Waals surface area contributed by atoms with Crippen molar-refractivity contribution in [1.29, 1.82) is 0 Å². The average Bonchev–Trinajstić information content (AvgIpc) is 3.02. The Kier molecular flexibility index (Phi) is 4.09. The number of nitrogens with zero attached hydrogens (tertiary/aromatic N) is 1. The Labute approximate surface area is 123 Å². The van der Waals surface area contributed by atoms with Gasteiger partial charge >= 0.3 is 0 Å². The number of hydrogen-bond donors (Lipinski definition) is 1. The summed E-state index contributed by atoms with van der Waals surface area (Å²) < 4.78 is 2.96. The summed E-state index contributed by atoms with van der Waals surface area (Å²) >= 11 is 3.44. The zero-order valence-electron chi connectivity index (χ0n) is 12.2. The molecule has 0 aliphatic heterocycles. The summed E-state index contributed by atoms with van der Waals surface area (Å²) in [4.78, 5) is 12.3. The molecule has 0 aromatic carbocycles. The number of aromatic nitrogens is 1. The molecule has 0 spiro atoms. The minimum atomic E-state index is 0.0336. The first-order valence-corrected chi connectivity index (χ1v) is 7.80. The SMILES string of the molecule is CC(C)n1cc(Br)cc1C(=O)NCC1(C(C)C)CC1. The van der Waals surface area contributed by atoms with E-state index in [0.29, 0.717) is 11.3 Å². The van der Waals surface area contributed by atoms with Crippen molar-refractivity contribution in [2.24, 2.45) is 11.3 Å². The predicted molar refractivity (Wildman–Crippen MR) is 81.4 cm³/mol. The highest BCUT2D eigenvalue weighted by Crippen LogP contribution is 2.51. The second-order valence-electron chi connectivity index (χ2n) is 6.24. The predicted octanol–water partition coefficient (Wildman–Crippen LogP) is 4.00. The molecule has 1 aromatic heterocycles. The maximum Gasteiger partial charge on any atom is 0.267 e. The minimum Gasteiger partial charge on any atom is -0.350 e. The van der Waals surface area contributed by atoms with Gasteiger partial charge in [-0.1, -0.05) is 13.8 Å². The van der Waals surface area contributed by atoms with Crippen LogP contribution in [-0.2, 0) is 0 Å². The molecular weight excluding hydrogens is 304 g/mol. The van der Waals surface area contributed by atoms with E-state index in [1.54, 1.807) is 0 Å². The Morgan fingerprint density at radius 3 is 2.53 bits per heavy atom. The van der Waals surface area contributed by atoms with Gasteiger partial charge in [-0.3, -0.25) is 4.79 Å². The van der Waals surface area contributed by atoms with Crippen LogP contribution in [0.5, 0.6) is 0 Å². The third kappa shape index (κ3) is 3.04. The largest absolute Gasteiger partial charge is 0.350 e. The molecule has 1 aliphatic carbocycles. The van der Waals surface area contributed by atoms with E-state index in [0.717, 1.165) is 16.7 Å². The standard InChI is InChI=1S/C15H23BrN2O/c1-10(2)15(5-6-15)9-17-14(19)13-7-12(16)8-18(13)11(3)4/h7-8,10-11H,5-6,9H2,1-4H3,(H,17,19). The molecule has 1 heterocycles. The van der Waals surface area contributed by atoms with Crippen molar-refractivity contribution in [2.75, 3.05) is 6.54 Å². The highest BCUT2D eigenvalue weighted by atomic mass is 79.9. The first kappa shape index (κ1) is 14.6. The Morgan fingerprint density at radius 1 is 1.42 bits per heavy atom. The number of carbonyl (C=O) groups is 1. The molecule has 0 atom stereocenters. The molecule has 1 fully saturated rings. The highest BCUT2D eigenvalue weighted by Gasteiger charge is 2.45. The zero-order chi connectivity index (χ0) is 14.2. The van der Waals surface area contributed by atoms with Gasteiger partial charge in [0.2, 0.25) is 0 Å². The fraction of sp³-hybridized carbons (Fsp3) is 0.667. The summed E-state index contributed by atoms with van der Waals surface area (Å²) in [5.74, 6) is 0.669. The Balaban J connectivity index is 2.04. The van der Waals surface area contributed by atoms with E-state index < -0.39 is 0 Å². The van der Waals surface area contributed by atoms with Gasteiger partial charge in [0.15, 0.2) is 0 Å². The lowest BCUT2D eigenvalue weighted by Gasteiger charge is -2.20. The molecule has 1 aromatic rings. The molecular formula is C15H23BrN2O. The lowest BCUT2D eigenvalue weighted by Crippen LogP contribution is -2.33. The van der Waals surface area contributed by atoms with Gasteiger partial charge in [-0.25, -0.2) is 0 Å². The summed E-state index contributed by atoms with van der Waals surface area (Å²) in [6.45, 7) is 9.45. The van der Waals surface area contributed by atoms with Crippen molar-refractivity contribution < 1.29 is 4.79 Å². The Bertz CT molecular complexity index is 472. The molecule has 0 bridgehead atoms. The molecule has 0 radical (unpaired) electrons. The summed E-state index contributed by atoms with van der Waals surface area (Å²) in [5.41, 5.74) is 1.09. The Hall–Kier alpha value is -0.770. The van der Waals surface area contributed by atoms with E-state index >= 15 is 0 Å². The molecule has 1 aliphatic rings. The van der Waals surface area contributed by atoms with Gasteiger partial charge in [-0.2, -0.15) is 0 Å². The molecule has 4 heteroatoms. The van der Waals surface area contributed by atoms with Crippen molar-refractivity contribution in [3.05, 3.63) is 22.4 Å². The molecule has 1 amide bonds. The third-order valence-electron chi connectivity index (χ3n) is 4.32. The van der Waals surface area contributed by atoms with Gasteiger partial charge in [-0.15, -0.1) is 0 Å². The number of amides is 1. The van der Waals surface area contributed by atoms with Gasteiger partial charge in [0, 0.05) is 23.3 Å². The van der Waals surface area contributed by atoms with E-state index in [2.05, 4.69) is 48.9 Å². The topological polar surface area (TPSA) is 34.0 Å². The first-order valence-electron chi connectivity index (χ1n) is 7.01. The highest BCUT2D eigenvalue weighted by molar-refractivity contribution is 9.10. The van der Waals surface area contributed by atoms with Crippen LogP contribution in [0.4, 0.5) is 0 Å². The number of hydrogen-bond acceptors (Lipinski definition) is 1. The van der Waals surface area contributed by atoms with Crippen molar-refractivity contribution >= 4 is 21.8 Å². The smallest absolute Gasteiger partial charge is 0.267 e. The number of carbonyl (C=O) groups excluding carboxylic acids is 1. The van der Waals surface area contributed by atoms with Crippen LogP contribution in [0.2, 0.25) is 0 Å². The van der Waals surface area contributed by atoms with E-state index in [1.165, 1.54) is 12.8 Å². The van der Waals surface area contributed by atoms with Gasteiger partial charge in [-0.05, 0) is 60.0 Å². The Morgan fingerprint density at radius 2 is 2.05 bits per heavy atom. The van der Waals surface area contributed by atoms with E-state index in [9.17, 15) is 4.79 Å². The van der Waals surface area contributed by atoms with Crippen LogP contribution in [-0.4, -0.2) is 17.0 Å². The van der Waals surface area contributed by atoms with E-state index in [4.69, 9.17) is 0 Å². The monoisotopic (exact) mass is 326 g/mol. The van der Waals surface area contributed by atoms with Crippen LogP contribution < -0.4 is 5.32 Å². The summed E-state index contributed by atoms with van der Waals surface area (Å²) in [6.07, 6.45) is 4.44. The molecule has 0 saturated heterocycles. The van der Waals surface area contributed by atoms with Crippen LogP contribution in [0.3, 0.4) is 0 Å². The quantitative estimate of drug-likeness (QED) is 0.871. The van der Waals surface area contributed by atoms with Crippen molar-refractivity contribution in [3.8, 4) is 0 Å². The van der Waals surface area contributed by atoms with E-state index in [1.807, 2.05) is 16.8 Å². The normalized spacial score (nSPS) is 17.0. The second kappa shape index (κ2) is 5.31. The first-order chi connectivity index (χ1) is 8.85. The molecule has 1 saturated carbocycles. The minimum absolute atomic E-state index is 0.0336. The fourth-order valence-corrected chi connectivity index (χ4v) is 2.96. The lowest BCUT2D eigenvalue weighted by molar-refractivity contribution is 0.0929. The number of halogens is 1. The lowest BCUT2D eigenvalue weighted by atomic mass is 9.92. The van der Waals surface area contributed by atoms with Crippen LogP contribution in [0.25, 0.3) is 0 Å². The molecule has 0 unspecified atom stereocenters. The maximum absolute atomic E-state index is 12.3. The molecule has 2 rings (SSSR count). The van der Waals surface area contributed by atoms with E-state index in [-0.39, 0.29) is 11.9 Å². The van der Waals surface area contributed by atoms with Crippen LogP contribution in [0.15, 0.2) is 16.7 Å². The molecule has 106 valence electrons. The van der Waals surface area contributed by atoms with Crippen LogP contribution >= 0.6 is 15.9 Å². The van der Waals surface area contributed by atoms with Crippen LogP contribution in [0, 0.1) is 11.3 Å². The van der Waals surface area contributed by atoms with Gasteiger partial charge in [0.1, 0.15) is 5.69 Å². The number of nitrogens with one attached hydrogen (secondary N) is 1. The molecule has 3 nitrogen and oxygen atoms in total. The summed E-state index contributed by atoms with van der Waals surface area (Å²) in [6, 6.07) is 2.18. The van der Waals surface area contributed by atoms with Crippen molar-refractivity contribution in [1.82, 2.24) is 9.88 Å².